The molecule has 2 amide bonds. The molecule has 2 aliphatic rings. The number of carbonyl (C=O) groups excluding carboxylic acids is 2. The molecule has 1 fully saturated rings. The minimum absolute atomic E-state index is 0.0320. The summed E-state index contributed by atoms with van der Waals surface area (Å²) in [5, 5.41) is 8.29. The smallest absolute Gasteiger partial charge is 0.416 e. The van der Waals surface area contributed by atoms with Crippen molar-refractivity contribution in [1.29, 1.82) is 5.41 Å². The molecule has 0 saturated carbocycles. The number of nitrogens with two attached hydrogens (primary N) is 1. The van der Waals surface area contributed by atoms with Crippen LogP contribution in [0.4, 0.5) is 23.7 Å². The largest absolute Gasteiger partial charge is 0.459 e. The number of ether oxygens (including phenoxy) is 3. The van der Waals surface area contributed by atoms with Crippen LogP contribution in [0.2, 0.25) is 0 Å². The number of halogens is 3. The summed E-state index contributed by atoms with van der Waals surface area (Å²) in [6.07, 6.45) is -5.11. The number of hydrogen-bond donors (Lipinski definition) is 2. The number of allylic oxidation sites excluding steroid dienone is 1. The maximum absolute atomic E-state index is 13.2. The Hall–Kier alpha value is -3.12. The molecule has 0 spiro atoms. The zero-order chi connectivity index (χ0) is 23.8. The number of guanidine groups is 1. The van der Waals surface area contributed by atoms with Gasteiger partial charge in [0, 0.05) is 11.4 Å². The lowest BCUT2D eigenvalue weighted by molar-refractivity contribution is -0.155. The van der Waals surface area contributed by atoms with Gasteiger partial charge < -0.3 is 19.9 Å². The third kappa shape index (κ3) is 4.86. The van der Waals surface area contributed by atoms with Crippen LogP contribution in [0, 0.1) is 5.41 Å². The fourth-order valence-corrected chi connectivity index (χ4v) is 3.39. The van der Waals surface area contributed by atoms with Gasteiger partial charge in [0.1, 0.15) is 12.7 Å². The first-order chi connectivity index (χ1) is 14.8. The standard InChI is InChI=1S/C20H23F3N4O5/c1-11-15(16(28)30-9-14-10-31-19(2,3)32-14)8-26(18(25)29)17(24)27(11)13-6-4-5-12(7-13)20(21,22)23/h4-7,14,24H,8-10H2,1-3H3,(H2,25,29). The van der Waals surface area contributed by atoms with Gasteiger partial charge in [-0.3, -0.25) is 15.2 Å². The highest BCUT2D eigenvalue weighted by Gasteiger charge is 2.38. The van der Waals surface area contributed by atoms with Gasteiger partial charge in [0.15, 0.2) is 5.79 Å². The third-order valence-electron chi connectivity index (χ3n) is 4.97. The van der Waals surface area contributed by atoms with Crippen molar-refractivity contribution in [3.05, 3.63) is 41.1 Å². The van der Waals surface area contributed by atoms with Crippen LogP contribution in [0.1, 0.15) is 26.3 Å². The van der Waals surface area contributed by atoms with E-state index in [0.717, 1.165) is 21.9 Å². The van der Waals surface area contributed by atoms with Gasteiger partial charge in [-0.1, -0.05) is 6.07 Å². The lowest BCUT2D eigenvalue weighted by Gasteiger charge is -2.37. The number of nitrogens with zero attached hydrogens (tertiary/aromatic N) is 2. The summed E-state index contributed by atoms with van der Waals surface area (Å²) in [7, 11) is 0. The molecule has 2 heterocycles. The van der Waals surface area contributed by atoms with Crippen molar-refractivity contribution in [2.24, 2.45) is 5.73 Å². The molecule has 12 heteroatoms. The van der Waals surface area contributed by atoms with Gasteiger partial charge in [-0.05, 0) is 39.0 Å². The van der Waals surface area contributed by atoms with Crippen molar-refractivity contribution in [3.63, 3.8) is 0 Å². The van der Waals surface area contributed by atoms with Crippen molar-refractivity contribution in [2.45, 2.75) is 38.8 Å². The Balaban J connectivity index is 1.91. The van der Waals surface area contributed by atoms with Gasteiger partial charge >= 0.3 is 18.2 Å². The van der Waals surface area contributed by atoms with Crippen LogP contribution in [0.15, 0.2) is 35.5 Å². The second kappa shape index (κ2) is 8.43. The van der Waals surface area contributed by atoms with Crippen LogP contribution in [-0.2, 0) is 25.2 Å². The zero-order valence-electron chi connectivity index (χ0n) is 17.7. The van der Waals surface area contributed by atoms with E-state index < -0.39 is 41.6 Å². The predicted octanol–water partition coefficient (Wildman–Crippen LogP) is 2.81. The van der Waals surface area contributed by atoms with Gasteiger partial charge in [0.2, 0.25) is 5.96 Å². The summed E-state index contributed by atoms with van der Waals surface area (Å²) in [5.74, 6) is -2.11. The second-order valence-electron chi connectivity index (χ2n) is 7.74. The highest BCUT2D eigenvalue weighted by Crippen LogP contribution is 2.34. The number of amides is 2. The number of alkyl halides is 3. The van der Waals surface area contributed by atoms with Crippen LogP contribution in [0.5, 0.6) is 0 Å². The van der Waals surface area contributed by atoms with E-state index in [9.17, 15) is 22.8 Å². The molecular weight excluding hydrogens is 433 g/mol. The number of primary amides is 1. The molecule has 3 N–H and O–H groups in total. The average molecular weight is 456 g/mol. The van der Waals surface area contributed by atoms with E-state index in [1.165, 1.54) is 19.1 Å². The molecule has 1 aromatic rings. The van der Waals surface area contributed by atoms with E-state index in [1.54, 1.807) is 13.8 Å². The highest BCUT2D eigenvalue weighted by molar-refractivity contribution is 6.09. The molecule has 0 aliphatic carbocycles. The molecule has 0 radical (unpaired) electrons. The Labute approximate surface area is 182 Å². The third-order valence-corrected chi connectivity index (χ3v) is 4.97. The van der Waals surface area contributed by atoms with E-state index in [1.807, 2.05) is 0 Å². The topological polar surface area (TPSA) is 118 Å². The van der Waals surface area contributed by atoms with E-state index in [-0.39, 0.29) is 36.7 Å². The Bertz CT molecular complexity index is 976. The van der Waals surface area contributed by atoms with Crippen molar-refractivity contribution in [1.82, 2.24) is 4.90 Å². The van der Waals surface area contributed by atoms with Gasteiger partial charge in [0.25, 0.3) is 0 Å². The fraction of sp³-hybridized carbons (Fsp3) is 0.450. The molecule has 1 unspecified atom stereocenters. The molecule has 1 saturated heterocycles. The summed E-state index contributed by atoms with van der Waals surface area (Å²) in [6.45, 7) is 4.60. The highest BCUT2D eigenvalue weighted by atomic mass is 19.4. The number of hydrogen-bond acceptors (Lipinski definition) is 6. The summed E-state index contributed by atoms with van der Waals surface area (Å²) < 4.78 is 55.8. The molecule has 9 nitrogen and oxygen atoms in total. The van der Waals surface area contributed by atoms with Crippen LogP contribution in [0.3, 0.4) is 0 Å². The van der Waals surface area contributed by atoms with Crippen LogP contribution in [-0.4, -0.2) is 54.5 Å². The number of anilines is 1. The minimum atomic E-state index is -4.62. The molecule has 1 atom stereocenters. The molecular formula is C20H23F3N4O5. The summed E-state index contributed by atoms with van der Waals surface area (Å²) >= 11 is 0. The van der Waals surface area contributed by atoms with Crippen molar-refractivity contribution in [2.75, 3.05) is 24.7 Å². The molecule has 1 aromatic carbocycles. The predicted molar refractivity (Wildman–Crippen MR) is 107 cm³/mol. The first-order valence-electron chi connectivity index (χ1n) is 9.61. The SMILES string of the molecule is CC1=C(C(=O)OCC2COC(C)(C)O2)CN(C(N)=O)C(=N)N1c1cccc(C(F)(F)F)c1. The van der Waals surface area contributed by atoms with Gasteiger partial charge in [-0.15, -0.1) is 0 Å². The van der Waals surface area contributed by atoms with E-state index >= 15 is 0 Å². The Morgan fingerprint density at radius 1 is 1.34 bits per heavy atom. The number of benzene rings is 1. The normalized spacial score (nSPS) is 21.2. The van der Waals surface area contributed by atoms with E-state index in [0.29, 0.717) is 0 Å². The number of carbonyl (C=O) groups is 2. The zero-order valence-corrected chi connectivity index (χ0v) is 17.7. The van der Waals surface area contributed by atoms with Crippen LogP contribution >= 0.6 is 0 Å². The number of rotatable bonds is 4. The first kappa shape index (κ1) is 23.5. The van der Waals surface area contributed by atoms with Crippen LogP contribution in [0.25, 0.3) is 0 Å². The van der Waals surface area contributed by atoms with Crippen molar-refractivity contribution in [3.8, 4) is 0 Å². The van der Waals surface area contributed by atoms with Crippen LogP contribution < -0.4 is 10.6 Å². The first-order valence-corrected chi connectivity index (χ1v) is 9.61. The van der Waals surface area contributed by atoms with Gasteiger partial charge in [-0.2, -0.15) is 13.2 Å². The summed E-state index contributed by atoms with van der Waals surface area (Å²) in [5.41, 5.74) is 4.43. The van der Waals surface area contributed by atoms with E-state index in [4.69, 9.17) is 25.4 Å². The number of nitrogens with one attached hydrogen (secondary N) is 1. The summed E-state index contributed by atoms with van der Waals surface area (Å²) in [4.78, 5) is 26.4. The minimum Gasteiger partial charge on any atom is -0.459 e. The maximum Gasteiger partial charge on any atom is 0.416 e. The molecule has 32 heavy (non-hydrogen) atoms. The van der Waals surface area contributed by atoms with Crippen molar-refractivity contribution >= 4 is 23.6 Å². The lowest BCUT2D eigenvalue weighted by Crippen LogP contribution is -2.54. The second-order valence-corrected chi connectivity index (χ2v) is 7.74. The molecule has 0 bridgehead atoms. The Morgan fingerprint density at radius 3 is 2.59 bits per heavy atom. The monoisotopic (exact) mass is 456 g/mol. The lowest BCUT2D eigenvalue weighted by atomic mass is 10.1. The Morgan fingerprint density at radius 2 is 2.03 bits per heavy atom. The maximum atomic E-state index is 13.2. The molecule has 0 aromatic heterocycles. The molecule has 3 rings (SSSR count). The van der Waals surface area contributed by atoms with Crippen molar-refractivity contribution < 1.29 is 37.0 Å². The number of urea groups is 1. The quantitative estimate of drug-likeness (QED) is 0.673. The molecule has 2 aliphatic heterocycles. The van der Waals surface area contributed by atoms with Gasteiger partial charge in [0.05, 0.1) is 24.3 Å². The Kier molecular flexibility index (Phi) is 6.20. The number of esters is 1. The summed E-state index contributed by atoms with van der Waals surface area (Å²) in [6, 6.07) is 3.14. The average Bonchev–Trinajstić information content (AvgIpc) is 3.04. The van der Waals surface area contributed by atoms with E-state index in [2.05, 4.69) is 0 Å². The fourth-order valence-electron chi connectivity index (χ4n) is 3.39. The molecule has 174 valence electrons. The van der Waals surface area contributed by atoms with Gasteiger partial charge in [-0.25, -0.2) is 9.59 Å².